The van der Waals surface area contributed by atoms with Crippen LogP contribution in [0.2, 0.25) is 0 Å². The van der Waals surface area contributed by atoms with Gasteiger partial charge in [0.05, 0.1) is 5.56 Å². The fraction of sp³-hybridized carbons (Fsp3) is 0.0909. The van der Waals surface area contributed by atoms with Crippen LogP contribution in [-0.4, -0.2) is 24.5 Å². The lowest BCUT2D eigenvalue weighted by molar-refractivity contribution is 0.0691. The Morgan fingerprint density at radius 3 is 2.67 bits per heavy atom. The van der Waals surface area contributed by atoms with Gasteiger partial charge in [-0.15, -0.1) is 11.3 Å². The number of anilines is 1. The van der Waals surface area contributed by atoms with Crippen molar-refractivity contribution in [2.24, 2.45) is 0 Å². The standard InChI is InChI=1S/C11H8BrFN2O4S2/c1-5-4-14-11(20-5)15-21(18,19)8-3-6(12)2-7(9(8)13)10(16)17/h2-4H,1H3,(H,14,15)(H,16,17). The van der Waals surface area contributed by atoms with E-state index in [9.17, 15) is 17.6 Å². The van der Waals surface area contributed by atoms with Crippen LogP contribution in [0.25, 0.3) is 0 Å². The van der Waals surface area contributed by atoms with Gasteiger partial charge in [0, 0.05) is 15.5 Å². The van der Waals surface area contributed by atoms with Gasteiger partial charge in [-0.05, 0) is 19.1 Å². The first-order valence-corrected chi connectivity index (χ1v) is 8.47. The van der Waals surface area contributed by atoms with Crippen LogP contribution < -0.4 is 4.72 Å². The van der Waals surface area contributed by atoms with Gasteiger partial charge < -0.3 is 5.11 Å². The summed E-state index contributed by atoms with van der Waals surface area (Å²) in [6.07, 6.45) is 1.46. The molecule has 0 atom stereocenters. The number of rotatable bonds is 4. The molecule has 0 amide bonds. The molecule has 112 valence electrons. The minimum Gasteiger partial charge on any atom is -0.478 e. The van der Waals surface area contributed by atoms with Crippen LogP contribution in [0.5, 0.6) is 0 Å². The maximum atomic E-state index is 14.1. The van der Waals surface area contributed by atoms with Crippen molar-refractivity contribution in [3.63, 3.8) is 0 Å². The van der Waals surface area contributed by atoms with E-state index in [1.165, 1.54) is 6.20 Å². The Morgan fingerprint density at radius 2 is 2.14 bits per heavy atom. The van der Waals surface area contributed by atoms with Crippen molar-refractivity contribution in [2.75, 3.05) is 4.72 Å². The summed E-state index contributed by atoms with van der Waals surface area (Å²) in [6.45, 7) is 1.73. The van der Waals surface area contributed by atoms with Gasteiger partial charge >= 0.3 is 5.97 Å². The number of hydrogen-bond acceptors (Lipinski definition) is 5. The predicted molar refractivity (Wildman–Crippen MR) is 78.7 cm³/mol. The highest BCUT2D eigenvalue weighted by Gasteiger charge is 2.25. The van der Waals surface area contributed by atoms with E-state index >= 15 is 0 Å². The fourth-order valence-corrected chi connectivity index (χ4v) is 4.13. The third kappa shape index (κ3) is 3.39. The van der Waals surface area contributed by atoms with Crippen molar-refractivity contribution in [3.8, 4) is 0 Å². The van der Waals surface area contributed by atoms with Crippen LogP contribution in [-0.2, 0) is 10.0 Å². The molecule has 0 saturated heterocycles. The highest BCUT2D eigenvalue weighted by Crippen LogP contribution is 2.27. The number of nitrogens with zero attached hydrogens (tertiary/aromatic N) is 1. The number of aromatic nitrogens is 1. The molecule has 10 heteroatoms. The minimum atomic E-state index is -4.28. The van der Waals surface area contributed by atoms with Crippen molar-refractivity contribution >= 4 is 48.4 Å². The Kier molecular flexibility index (Phi) is 4.30. The summed E-state index contributed by atoms with van der Waals surface area (Å²) >= 11 is 4.04. The van der Waals surface area contributed by atoms with Crippen LogP contribution in [0.4, 0.5) is 9.52 Å². The zero-order valence-electron chi connectivity index (χ0n) is 10.4. The topological polar surface area (TPSA) is 96.4 Å². The largest absolute Gasteiger partial charge is 0.478 e. The van der Waals surface area contributed by atoms with Crippen LogP contribution >= 0.6 is 27.3 Å². The predicted octanol–water partition coefficient (Wildman–Crippen LogP) is 2.85. The van der Waals surface area contributed by atoms with E-state index in [4.69, 9.17) is 5.11 Å². The molecule has 21 heavy (non-hydrogen) atoms. The average molecular weight is 395 g/mol. The molecule has 0 saturated carbocycles. The van der Waals surface area contributed by atoms with E-state index in [-0.39, 0.29) is 9.60 Å². The zero-order chi connectivity index (χ0) is 15.8. The maximum Gasteiger partial charge on any atom is 0.338 e. The molecule has 0 aliphatic heterocycles. The highest BCUT2D eigenvalue weighted by molar-refractivity contribution is 9.10. The van der Waals surface area contributed by atoms with Gasteiger partial charge in [-0.25, -0.2) is 22.6 Å². The first-order valence-electron chi connectivity index (χ1n) is 5.38. The molecule has 1 aromatic heterocycles. The van der Waals surface area contributed by atoms with E-state index in [2.05, 4.69) is 25.6 Å². The number of carboxylic acid groups (broad SMARTS) is 1. The molecule has 0 aliphatic carbocycles. The normalized spacial score (nSPS) is 11.4. The van der Waals surface area contributed by atoms with Gasteiger partial charge in [-0.3, -0.25) is 4.72 Å². The summed E-state index contributed by atoms with van der Waals surface area (Å²) in [5, 5.41) is 8.96. The first kappa shape index (κ1) is 15.9. The Hall–Kier alpha value is -1.52. The van der Waals surface area contributed by atoms with Crippen molar-refractivity contribution in [1.29, 1.82) is 0 Å². The Labute approximate surface area is 131 Å². The third-order valence-corrected chi connectivity index (χ3v) is 5.12. The minimum absolute atomic E-state index is 0.0729. The molecule has 0 radical (unpaired) electrons. The number of nitrogens with one attached hydrogen (secondary N) is 1. The molecular weight excluding hydrogens is 387 g/mol. The Bertz CT molecular complexity index is 820. The SMILES string of the molecule is Cc1cnc(NS(=O)(=O)c2cc(Br)cc(C(=O)O)c2F)s1. The number of halogens is 2. The number of benzene rings is 1. The molecule has 2 N–H and O–H groups in total. The molecule has 6 nitrogen and oxygen atoms in total. The number of carbonyl (C=O) groups is 1. The van der Waals surface area contributed by atoms with Gasteiger partial charge in [-0.2, -0.15) is 0 Å². The van der Waals surface area contributed by atoms with Gasteiger partial charge in [0.15, 0.2) is 10.9 Å². The lowest BCUT2D eigenvalue weighted by atomic mass is 10.2. The molecule has 0 spiro atoms. The molecule has 2 aromatic rings. The lowest BCUT2D eigenvalue weighted by Crippen LogP contribution is -2.16. The van der Waals surface area contributed by atoms with Gasteiger partial charge in [0.25, 0.3) is 10.0 Å². The number of thiazole rings is 1. The Balaban J connectivity index is 2.52. The van der Waals surface area contributed by atoms with E-state index in [0.29, 0.717) is 0 Å². The second-order valence-electron chi connectivity index (χ2n) is 3.95. The van der Waals surface area contributed by atoms with Crippen molar-refractivity contribution < 1.29 is 22.7 Å². The van der Waals surface area contributed by atoms with Crippen LogP contribution in [0.15, 0.2) is 27.7 Å². The first-order chi connectivity index (χ1) is 9.70. The maximum absolute atomic E-state index is 14.1. The summed E-state index contributed by atoms with van der Waals surface area (Å²) in [7, 11) is -4.28. The molecule has 0 unspecified atom stereocenters. The summed E-state index contributed by atoms with van der Waals surface area (Å²) in [4.78, 5) is 14.8. The number of sulfonamides is 1. The number of hydrogen-bond donors (Lipinski definition) is 2. The van der Waals surface area contributed by atoms with E-state index < -0.39 is 32.3 Å². The van der Waals surface area contributed by atoms with E-state index in [1.807, 2.05) is 0 Å². The van der Waals surface area contributed by atoms with Crippen molar-refractivity contribution in [3.05, 3.63) is 39.1 Å². The zero-order valence-corrected chi connectivity index (χ0v) is 13.6. The lowest BCUT2D eigenvalue weighted by Gasteiger charge is -2.09. The van der Waals surface area contributed by atoms with Crippen LogP contribution in [0, 0.1) is 12.7 Å². The van der Waals surface area contributed by atoms with E-state index in [1.54, 1.807) is 6.92 Å². The number of carboxylic acids is 1. The second kappa shape index (κ2) is 5.70. The van der Waals surface area contributed by atoms with Crippen molar-refractivity contribution in [1.82, 2.24) is 4.98 Å². The summed E-state index contributed by atoms with van der Waals surface area (Å²) in [5.41, 5.74) is -0.736. The average Bonchev–Trinajstić information content (AvgIpc) is 2.76. The monoisotopic (exact) mass is 394 g/mol. The van der Waals surface area contributed by atoms with Gasteiger partial charge in [-0.1, -0.05) is 15.9 Å². The van der Waals surface area contributed by atoms with E-state index in [0.717, 1.165) is 28.3 Å². The molecular formula is C11H8BrFN2O4S2. The summed E-state index contributed by atoms with van der Waals surface area (Å²) in [5.74, 6) is -2.89. The molecule has 0 aliphatic rings. The smallest absolute Gasteiger partial charge is 0.338 e. The third-order valence-electron chi connectivity index (χ3n) is 2.37. The second-order valence-corrected chi connectivity index (χ2v) is 7.75. The molecule has 1 heterocycles. The van der Waals surface area contributed by atoms with Crippen molar-refractivity contribution in [2.45, 2.75) is 11.8 Å². The molecule has 1 aromatic carbocycles. The summed E-state index contributed by atoms with van der Waals surface area (Å²) in [6, 6.07) is 1.98. The number of aryl methyl sites for hydroxylation is 1. The highest BCUT2D eigenvalue weighted by atomic mass is 79.9. The number of aromatic carboxylic acids is 1. The fourth-order valence-electron chi connectivity index (χ4n) is 1.49. The molecule has 0 bridgehead atoms. The molecule has 2 rings (SSSR count). The van der Waals surface area contributed by atoms with Gasteiger partial charge in [0.1, 0.15) is 4.90 Å². The quantitative estimate of drug-likeness (QED) is 0.830. The van der Waals surface area contributed by atoms with Crippen LogP contribution in [0.1, 0.15) is 15.2 Å². The summed E-state index contributed by atoms with van der Waals surface area (Å²) < 4.78 is 40.6. The van der Waals surface area contributed by atoms with Gasteiger partial charge in [0.2, 0.25) is 0 Å². The Morgan fingerprint density at radius 1 is 1.48 bits per heavy atom. The van der Waals surface area contributed by atoms with Crippen LogP contribution in [0.3, 0.4) is 0 Å². The molecule has 0 fully saturated rings.